The largest absolute Gasteiger partial charge is 0.493 e. The van der Waals surface area contributed by atoms with Gasteiger partial charge in [-0.2, -0.15) is 5.10 Å². The first-order chi connectivity index (χ1) is 17.3. The monoisotopic (exact) mass is 555 g/mol. The molecule has 0 radical (unpaired) electrons. The highest BCUT2D eigenvalue weighted by molar-refractivity contribution is 9.10. The van der Waals surface area contributed by atoms with Crippen LogP contribution in [0.4, 0.5) is 4.39 Å². The number of amides is 2. The Bertz CT molecular complexity index is 1230. The molecule has 0 fully saturated rings. The highest BCUT2D eigenvalue weighted by Crippen LogP contribution is 2.28. The minimum atomic E-state index is -0.904. The molecule has 3 aromatic rings. The zero-order valence-corrected chi connectivity index (χ0v) is 21.7. The normalized spacial score (nSPS) is 11.8. The molecule has 3 aromatic carbocycles. The van der Waals surface area contributed by atoms with Crippen LogP contribution in [0.15, 0.2) is 76.3 Å². The quantitative estimate of drug-likeness (QED) is 0.269. The number of nitrogens with zero attached hydrogens (tertiary/aromatic N) is 1. The fourth-order valence-corrected chi connectivity index (χ4v) is 3.53. The summed E-state index contributed by atoms with van der Waals surface area (Å²) in [5.41, 5.74) is 3.98. The summed E-state index contributed by atoms with van der Waals surface area (Å²) >= 11 is 3.41. The molecule has 188 valence electrons. The molecule has 1 atom stereocenters. The van der Waals surface area contributed by atoms with Crippen molar-refractivity contribution in [2.75, 3.05) is 7.11 Å². The van der Waals surface area contributed by atoms with Crippen molar-refractivity contribution in [2.24, 2.45) is 11.0 Å². The van der Waals surface area contributed by atoms with E-state index >= 15 is 0 Å². The van der Waals surface area contributed by atoms with Crippen molar-refractivity contribution in [3.8, 4) is 11.5 Å². The first kappa shape index (κ1) is 26.9. The zero-order chi connectivity index (χ0) is 26.1. The molecule has 9 heteroatoms. The van der Waals surface area contributed by atoms with Gasteiger partial charge in [0, 0.05) is 4.47 Å². The highest BCUT2D eigenvalue weighted by Gasteiger charge is 2.25. The van der Waals surface area contributed by atoms with Gasteiger partial charge < -0.3 is 14.8 Å². The number of methoxy groups -OCH3 is 1. The fraction of sp³-hybridized carbons (Fsp3) is 0.222. The topological polar surface area (TPSA) is 89.0 Å². The third-order valence-corrected chi connectivity index (χ3v) is 5.77. The second-order valence-electron chi connectivity index (χ2n) is 8.23. The Hall–Kier alpha value is -3.72. The molecule has 2 amide bonds. The number of hydrogen-bond donors (Lipinski definition) is 2. The van der Waals surface area contributed by atoms with Crippen LogP contribution in [-0.4, -0.2) is 31.2 Å². The van der Waals surface area contributed by atoms with Crippen LogP contribution in [0, 0.1) is 11.7 Å². The van der Waals surface area contributed by atoms with E-state index in [2.05, 4.69) is 31.8 Å². The molecule has 2 N–H and O–H groups in total. The second-order valence-corrected chi connectivity index (χ2v) is 9.15. The number of benzene rings is 3. The first-order valence-electron chi connectivity index (χ1n) is 11.2. The van der Waals surface area contributed by atoms with E-state index in [-0.39, 0.29) is 11.5 Å². The molecule has 0 saturated carbocycles. The lowest BCUT2D eigenvalue weighted by molar-refractivity contribution is -0.123. The summed E-state index contributed by atoms with van der Waals surface area (Å²) in [5, 5.41) is 6.57. The van der Waals surface area contributed by atoms with Gasteiger partial charge in [0.15, 0.2) is 11.5 Å². The molecule has 1 unspecified atom stereocenters. The van der Waals surface area contributed by atoms with Gasteiger partial charge in [-0.15, -0.1) is 0 Å². The van der Waals surface area contributed by atoms with E-state index in [0.717, 1.165) is 10.0 Å². The molecule has 0 saturated heterocycles. The number of nitrogens with one attached hydrogen (secondary N) is 2. The van der Waals surface area contributed by atoms with Crippen LogP contribution in [0.2, 0.25) is 0 Å². The van der Waals surface area contributed by atoms with Crippen LogP contribution in [0.3, 0.4) is 0 Å². The summed E-state index contributed by atoms with van der Waals surface area (Å²) in [6.45, 7) is 3.92. The number of carbonyl (C=O) groups excluding carboxylic acids is 2. The maximum absolute atomic E-state index is 13.9. The second kappa shape index (κ2) is 12.8. The number of ether oxygens (including phenoxy) is 2. The number of hydrazone groups is 1. The van der Waals surface area contributed by atoms with E-state index in [9.17, 15) is 14.0 Å². The number of hydrogen-bond acceptors (Lipinski definition) is 5. The molecular formula is C27H27BrFN3O4. The van der Waals surface area contributed by atoms with Gasteiger partial charge in [-0.1, -0.05) is 54.0 Å². The van der Waals surface area contributed by atoms with Crippen molar-refractivity contribution in [1.29, 1.82) is 0 Å². The molecule has 0 bridgehead atoms. The molecule has 0 heterocycles. The van der Waals surface area contributed by atoms with Gasteiger partial charge in [0.05, 0.1) is 18.9 Å². The van der Waals surface area contributed by atoms with Crippen LogP contribution < -0.4 is 20.2 Å². The van der Waals surface area contributed by atoms with Crippen molar-refractivity contribution in [3.05, 3.63) is 93.7 Å². The molecular weight excluding hydrogens is 529 g/mol. The summed E-state index contributed by atoms with van der Waals surface area (Å²) in [7, 11) is 1.54. The third kappa shape index (κ3) is 7.39. The van der Waals surface area contributed by atoms with E-state index in [0.29, 0.717) is 23.7 Å². The van der Waals surface area contributed by atoms with Crippen LogP contribution in [0.5, 0.6) is 11.5 Å². The van der Waals surface area contributed by atoms with E-state index in [1.54, 1.807) is 38.1 Å². The predicted octanol–water partition coefficient (Wildman–Crippen LogP) is 5.08. The lowest BCUT2D eigenvalue weighted by Crippen LogP contribution is -2.48. The maximum Gasteiger partial charge on any atom is 0.262 e. The Kier molecular flexibility index (Phi) is 9.58. The summed E-state index contributed by atoms with van der Waals surface area (Å²) in [4.78, 5) is 25.1. The van der Waals surface area contributed by atoms with E-state index in [1.165, 1.54) is 31.5 Å². The Labute approximate surface area is 217 Å². The standard InChI is InChI=1S/C27H27BrFN3O4/c1-17(2)25(31-26(33)21-6-4-5-7-22(21)29)27(34)32-30-15-19-10-13-23(24(14-19)35-3)36-16-18-8-11-20(28)12-9-18/h4-15,17,25H,16H2,1-3H3,(H,31,33)(H,32,34). The maximum atomic E-state index is 13.9. The summed E-state index contributed by atoms with van der Waals surface area (Å²) in [6.07, 6.45) is 1.45. The molecule has 36 heavy (non-hydrogen) atoms. The van der Waals surface area contributed by atoms with Gasteiger partial charge in [0.2, 0.25) is 0 Å². The van der Waals surface area contributed by atoms with Gasteiger partial charge in [0.1, 0.15) is 18.5 Å². The van der Waals surface area contributed by atoms with Crippen LogP contribution in [-0.2, 0) is 11.4 Å². The van der Waals surface area contributed by atoms with Crippen molar-refractivity contribution in [1.82, 2.24) is 10.7 Å². The molecule has 0 aromatic heterocycles. The predicted molar refractivity (Wildman–Crippen MR) is 140 cm³/mol. The van der Waals surface area contributed by atoms with Gasteiger partial charge in [-0.3, -0.25) is 9.59 Å². The van der Waals surface area contributed by atoms with Crippen molar-refractivity contribution < 1.29 is 23.5 Å². The van der Waals surface area contributed by atoms with E-state index < -0.39 is 23.7 Å². The SMILES string of the molecule is COc1cc(C=NNC(=O)C(NC(=O)c2ccccc2F)C(C)C)ccc1OCc1ccc(Br)cc1. The fourth-order valence-electron chi connectivity index (χ4n) is 3.26. The van der Waals surface area contributed by atoms with E-state index in [4.69, 9.17) is 9.47 Å². The Balaban J connectivity index is 1.61. The van der Waals surface area contributed by atoms with E-state index in [1.807, 2.05) is 24.3 Å². The summed E-state index contributed by atoms with van der Waals surface area (Å²) < 4.78 is 26.2. The summed E-state index contributed by atoms with van der Waals surface area (Å²) in [6, 6.07) is 17.8. The lowest BCUT2D eigenvalue weighted by atomic mass is 10.0. The summed E-state index contributed by atoms with van der Waals surface area (Å²) in [5.74, 6) is -1.02. The average Bonchev–Trinajstić information content (AvgIpc) is 2.87. The first-order valence-corrected chi connectivity index (χ1v) is 12.0. The molecule has 3 rings (SSSR count). The van der Waals surface area contributed by atoms with Gasteiger partial charge >= 0.3 is 0 Å². The molecule has 0 aliphatic rings. The Morgan fingerprint density at radius 2 is 1.78 bits per heavy atom. The molecule has 0 aliphatic carbocycles. The van der Waals surface area contributed by atoms with Crippen molar-refractivity contribution >= 4 is 34.0 Å². The highest BCUT2D eigenvalue weighted by atomic mass is 79.9. The minimum absolute atomic E-state index is 0.131. The Morgan fingerprint density at radius 3 is 2.44 bits per heavy atom. The van der Waals surface area contributed by atoms with Crippen LogP contribution in [0.25, 0.3) is 0 Å². The van der Waals surface area contributed by atoms with Crippen LogP contribution in [0.1, 0.15) is 35.3 Å². The van der Waals surface area contributed by atoms with Crippen LogP contribution >= 0.6 is 15.9 Å². The molecule has 7 nitrogen and oxygen atoms in total. The van der Waals surface area contributed by atoms with Gasteiger partial charge in [-0.05, 0) is 59.5 Å². The number of carbonyl (C=O) groups is 2. The van der Waals surface area contributed by atoms with Gasteiger partial charge in [0.25, 0.3) is 11.8 Å². The van der Waals surface area contributed by atoms with Gasteiger partial charge in [-0.25, -0.2) is 9.82 Å². The average molecular weight is 556 g/mol. The Morgan fingerprint density at radius 1 is 1.06 bits per heavy atom. The number of rotatable bonds is 10. The third-order valence-electron chi connectivity index (χ3n) is 5.24. The zero-order valence-electron chi connectivity index (χ0n) is 20.1. The smallest absolute Gasteiger partial charge is 0.262 e. The van der Waals surface area contributed by atoms with Crippen molar-refractivity contribution in [2.45, 2.75) is 26.5 Å². The minimum Gasteiger partial charge on any atom is -0.493 e. The van der Waals surface area contributed by atoms with Crippen molar-refractivity contribution in [3.63, 3.8) is 0 Å². The lowest BCUT2D eigenvalue weighted by Gasteiger charge is -2.20. The molecule has 0 aliphatic heterocycles. The molecule has 0 spiro atoms. The number of halogens is 2.